The van der Waals surface area contributed by atoms with Crippen LogP contribution in [0.15, 0.2) is 27.8 Å². The summed E-state index contributed by atoms with van der Waals surface area (Å²) in [4.78, 5) is 3.70. The number of nitriles is 1. The van der Waals surface area contributed by atoms with E-state index in [9.17, 15) is 8.42 Å². The smallest absolute Gasteiger partial charge is 0.242 e. The van der Waals surface area contributed by atoms with Crippen LogP contribution in [0.1, 0.15) is 0 Å². The second kappa shape index (κ2) is 4.50. The molecule has 0 unspecified atom stereocenters. The van der Waals surface area contributed by atoms with Gasteiger partial charge in [-0.05, 0) is 28.1 Å². The van der Waals surface area contributed by atoms with Crippen molar-refractivity contribution in [3.63, 3.8) is 0 Å². The Balaban J connectivity index is 2.94. The van der Waals surface area contributed by atoms with Gasteiger partial charge in [0, 0.05) is 10.7 Å². The van der Waals surface area contributed by atoms with Crippen molar-refractivity contribution >= 4 is 26.0 Å². The molecule has 0 aliphatic heterocycles. The summed E-state index contributed by atoms with van der Waals surface area (Å²) in [5, 5.41) is 8.11. The van der Waals surface area contributed by atoms with Gasteiger partial charge < -0.3 is 0 Å². The molecule has 0 fully saturated rings. The SMILES string of the molecule is N#CCNS(=O)(=O)c1ccc(Br)cn1. The van der Waals surface area contributed by atoms with Crippen LogP contribution in [-0.2, 0) is 10.0 Å². The topological polar surface area (TPSA) is 82.9 Å². The summed E-state index contributed by atoms with van der Waals surface area (Å²) in [5.74, 6) is 0. The highest BCUT2D eigenvalue weighted by molar-refractivity contribution is 9.10. The van der Waals surface area contributed by atoms with E-state index in [-0.39, 0.29) is 11.6 Å². The van der Waals surface area contributed by atoms with Crippen LogP contribution in [0, 0.1) is 11.3 Å². The highest BCUT2D eigenvalue weighted by atomic mass is 79.9. The Morgan fingerprint density at radius 1 is 1.57 bits per heavy atom. The van der Waals surface area contributed by atoms with Crippen LogP contribution in [0.25, 0.3) is 0 Å². The molecule has 0 spiro atoms. The molecule has 0 saturated heterocycles. The molecule has 5 nitrogen and oxygen atoms in total. The van der Waals surface area contributed by atoms with Crippen molar-refractivity contribution in [1.29, 1.82) is 5.26 Å². The summed E-state index contributed by atoms with van der Waals surface area (Å²) in [5.41, 5.74) is 0. The van der Waals surface area contributed by atoms with Crippen molar-refractivity contribution in [3.05, 3.63) is 22.8 Å². The van der Waals surface area contributed by atoms with Gasteiger partial charge in [-0.25, -0.2) is 13.4 Å². The molecule has 0 amide bonds. The van der Waals surface area contributed by atoms with Crippen LogP contribution in [-0.4, -0.2) is 19.9 Å². The molecule has 0 atom stereocenters. The molecule has 0 aromatic carbocycles. The van der Waals surface area contributed by atoms with Gasteiger partial charge in [-0.3, -0.25) is 0 Å². The Labute approximate surface area is 90.0 Å². The maximum atomic E-state index is 11.4. The van der Waals surface area contributed by atoms with Gasteiger partial charge in [0.25, 0.3) is 10.0 Å². The summed E-state index contributed by atoms with van der Waals surface area (Å²) in [6.45, 7) is -0.264. The summed E-state index contributed by atoms with van der Waals surface area (Å²) in [6, 6.07) is 4.59. The number of pyridine rings is 1. The fourth-order valence-electron chi connectivity index (χ4n) is 0.722. The standard InChI is InChI=1S/C7H6BrN3O2S/c8-6-1-2-7(10-5-6)14(12,13)11-4-3-9/h1-2,5,11H,4H2. The maximum Gasteiger partial charge on any atom is 0.258 e. The molecule has 14 heavy (non-hydrogen) atoms. The van der Waals surface area contributed by atoms with E-state index in [1.54, 1.807) is 12.1 Å². The van der Waals surface area contributed by atoms with E-state index in [0.717, 1.165) is 0 Å². The monoisotopic (exact) mass is 275 g/mol. The van der Waals surface area contributed by atoms with Crippen LogP contribution < -0.4 is 4.72 Å². The van der Waals surface area contributed by atoms with Crippen molar-refractivity contribution in [2.24, 2.45) is 0 Å². The predicted octanol–water partition coefficient (Wildman–Crippen LogP) is 0.646. The van der Waals surface area contributed by atoms with Crippen LogP contribution in [0.4, 0.5) is 0 Å². The summed E-state index contributed by atoms with van der Waals surface area (Å²) >= 11 is 3.13. The van der Waals surface area contributed by atoms with Crippen LogP contribution in [0.5, 0.6) is 0 Å². The second-order valence-electron chi connectivity index (χ2n) is 2.30. The minimum Gasteiger partial charge on any atom is -0.242 e. The zero-order chi connectivity index (χ0) is 10.6. The van der Waals surface area contributed by atoms with E-state index in [1.165, 1.54) is 12.3 Å². The van der Waals surface area contributed by atoms with E-state index in [0.29, 0.717) is 4.47 Å². The summed E-state index contributed by atoms with van der Waals surface area (Å²) < 4.78 is 25.5. The maximum absolute atomic E-state index is 11.4. The molecule has 0 aliphatic rings. The third-order valence-corrected chi connectivity index (χ3v) is 3.10. The molecule has 0 aliphatic carbocycles. The molecule has 7 heteroatoms. The van der Waals surface area contributed by atoms with Crippen molar-refractivity contribution in [1.82, 2.24) is 9.71 Å². The summed E-state index contributed by atoms with van der Waals surface area (Å²) in [7, 11) is -3.64. The van der Waals surface area contributed by atoms with Gasteiger partial charge in [-0.15, -0.1) is 0 Å². The Bertz CT molecular complexity index is 449. The van der Waals surface area contributed by atoms with Gasteiger partial charge in [0.1, 0.15) is 0 Å². The third kappa shape index (κ3) is 2.77. The van der Waals surface area contributed by atoms with Gasteiger partial charge in [0.05, 0.1) is 12.6 Å². The molecule has 1 heterocycles. The number of halogens is 1. The average molecular weight is 276 g/mol. The number of nitrogens with one attached hydrogen (secondary N) is 1. The number of rotatable bonds is 3. The highest BCUT2D eigenvalue weighted by Gasteiger charge is 2.13. The second-order valence-corrected chi connectivity index (χ2v) is 4.93. The molecule has 0 radical (unpaired) electrons. The van der Waals surface area contributed by atoms with Gasteiger partial charge in [-0.2, -0.15) is 9.98 Å². The highest BCUT2D eigenvalue weighted by Crippen LogP contribution is 2.10. The van der Waals surface area contributed by atoms with Crippen molar-refractivity contribution in [2.45, 2.75) is 5.03 Å². The molecule has 1 aromatic heterocycles. The fourth-order valence-corrected chi connectivity index (χ4v) is 1.80. The lowest BCUT2D eigenvalue weighted by atomic mass is 10.5. The number of hydrogen-bond acceptors (Lipinski definition) is 4. The van der Waals surface area contributed by atoms with Gasteiger partial charge in [0.2, 0.25) is 0 Å². The minimum atomic E-state index is -3.64. The quantitative estimate of drug-likeness (QED) is 0.821. The first-order valence-corrected chi connectivity index (χ1v) is 5.82. The van der Waals surface area contributed by atoms with Crippen molar-refractivity contribution in [3.8, 4) is 6.07 Å². The first kappa shape index (κ1) is 11.1. The molecular weight excluding hydrogens is 270 g/mol. The van der Waals surface area contributed by atoms with Crippen LogP contribution in [0.3, 0.4) is 0 Å². The van der Waals surface area contributed by atoms with E-state index >= 15 is 0 Å². The van der Waals surface area contributed by atoms with Gasteiger partial charge in [-0.1, -0.05) is 0 Å². The number of nitrogens with zero attached hydrogens (tertiary/aromatic N) is 2. The predicted molar refractivity (Wildman–Crippen MR) is 52.7 cm³/mol. The number of sulfonamides is 1. The lowest BCUT2D eigenvalue weighted by Crippen LogP contribution is -2.24. The molecule has 74 valence electrons. The van der Waals surface area contributed by atoms with Crippen LogP contribution in [0.2, 0.25) is 0 Å². The fraction of sp³-hybridized carbons (Fsp3) is 0.143. The van der Waals surface area contributed by atoms with E-state index in [2.05, 4.69) is 25.6 Å². The molecule has 1 aromatic rings. The zero-order valence-corrected chi connectivity index (χ0v) is 9.34. The summed E-state index contributed by atoms with van der Waals surface area (Å²) in [6.07, 6.45) is 1.38. The molecule has 0 bridgehead atoms. The Hall–Kier alpha value is -0.970. The molecule has 1 N–H and O–H groups in total. The van der Waals surface area contributed by atoms with Crippen molar-refractivity contribution in [2.75, 3.05) is 6.54 Å². The third-order valence-electron chi connectivity index (χ3n) is 1.32. The largest absolute Gasteiger partial charge is 0.258 e. The average Bonchev–Trinajstić information content (AvgIpc) is 2.16. The van der Waals surface area contributed by atoms with Crippen molar-refractivity contribution < 1.29 is 8.42 Å². The van der Waals surface area contributed by atoms with E-state index in [4.69, 9.17) is 5.26 Å². The normalized spacial score (nSPS) is 10.9. The Kier molecular flexibility index (Phi) is 3.57. The Morgan fingerprint density at radius 3 is 2.79 bits per heavy atom. The van der Waals surface area contributed by atoms with E-state index in [1.807, 2.05) is 0 Å². The molecule has 1 rings (SSSR count). The number of hydrogen-bond donors (Lipinski definition) is 1. The van der Waals surface area contributed by atoms with Crippen LogP contribution >= 0.6 is 15.9 Å². The lowest BCUT2D eigenvalue weighted by Gasteiger charge is -2.01. The zero-order valence-electron chi connectivity index (χ0n) is 6.94. The minimum absolute atomic E-state index is 0.101. The first-order chi connectivity index (χ1) is 6.56. The van der Waals surface area contributed by atoms with Gasteiger partial charge in [0.15, 0.2) is 5.03 Å². The van der Waals surface area contributed by atoms with E-state index < -0.39 is 10.0 Å². The van der Waals surface area contributed by atoms with Gasteiger partial charge >= 0.3 is 0 Å². The molecule has 0 saturated carbocycles. The molecular formula is C7H6BrN3O2S. The Morgan fingerprint density at radius 2 is 2.29 bits per heavy atom. The number of aromatic nitrogens is 1. The first-order valence-electron chi connectivity index (χ1n) is 3.54. The lowest BCUT2D eigenvalue weighted by molar-refractivity contribution is 0.582.